The molecule has 1 rings (SSSR count). The van der Waals surface area contributed by atoms with Gasteiger partial charge < -0.3 is 56.8 Å². The van der Waals surface area contributed by atoms with Crippen molar-refractivity contribution >= 4 is 5.97 Å². The number of methoxy groups -OCH3 is 1. The molecule has 0 aliphatic carbocycles. The Hall–Kier alpha value is -1.75. The molecule has 0 amide bonds. The summed E-state index contributed by atoms with van der Waals surface area (Å²) in [5, 5.41) is 0. The van der Waals surface area contributed by atoms with Crippen LogP contribution in [0.1, 0.15) is 12.0 Å². The maximum absolute atomic E-state index is 10.9. The Balaban J connectivity index is 1.62. The number of rotatable bonds is 35. The molecule has 0 aliphatic heterocycles. The molecule has 0 aliphatic rings. The van der Waals surface area contributed by atoms with E-state index in [1.54, 1.807) is 0 Å². The van der Waals surface area contributed by atoms with Gasteiger partial charge in [0.15, 0.2) is 0 Å². The number of hydrogen-bond donors (Lipinski definition) is 0. The van der Waals surface area contributed by atoms with E-state index in [1.165, 1.54) is 7.11 Å². The van der Waals surface area contributed by atoms with Crippen molar-refractivity contribution in [2.75, 3.05) is 146 Å². The van der Waals surface area contributed by atoms with Gasteiger partial charge >= 0.3 is 5.97 Å². The molecule has 0 heterocycles. The zero-order valence-corrected chi connectivity index (χ0v) is 26.5. The summed E-state index contributed by atoms with van der Waals surface area (Å²) in [5.41, 5.74) is 1.16. The van der Waals surface area contributed by atoms with E-state index < -0.39 is 0 Å². The van der Waals surface area contributed by atoms with Crippen LogP contribution < -0.4 is 0 Å². The van der Waals surface area contributed by atoms with Crippen molar-refractivity contribution in [3.63, 3.8) is 0 Å². The van der Waals surface area contributed by atoms with Crippen LogP contribution in [0, 0.1) is 0 Å². The molecule has 1 aromatic carbocycles. The normalized spacial score (nSPS) is 11.3. The molecule has 0 bridgehead atoms. The average molecular weight is 635 g/mol. The second kappa shape index (κ2) is 34.1. The van der Waals surface area contributed by atoms with Gasteiger partial charge in [-0.15, -0.1) is 0 Å². The molecule has 0 saturated carbocycles. The first kappa shape index (κ1) is 40.3. The van der Waals surface area contributed by atoms with Gasteiger partial charge in [-0.05, 0) is 5.56 Å². The fraction of sp³-hybridized carbons (Fsp3) is 0.774. The van der Waals surface area contributed by atoms with E-state index in [1.807, 2.05) is 30.3 Å². The van der Waals surface area contributed by atoms with Crippen molar-refractivity contribution in [2.24, 2.45) is 0 Å². The highest BCUT2D eigenvalue weighted by Gasteiger charge is 1.99. The Morgan fingerprint density at radius 2 is 0.682 bits per heavy atom. The minimum Gasteiger partial charge on any atom is -0.469 e. The second-order valence-electron chi connectivity index (χ2n) is 8.99. The van der Waals surface area contributed by atoms with Gasteiger partial charge in [-0.2, -0.15) is 0 Å². The number of hydrogen-bond acceptors (Lipinski definition) is 13. The van der Waals surface area contributed by atoms with Crippen LogP contribution in [0.15, 0.2) is 30.3 Å². The Morgan fingerprint density at radius 3 is 0.977 bits per heavy atom. The SMILES string of the molecule is COC(=O)CCOCCOCCOCCOCCOCCOCCOCCOCCOCCOCCOCc1ccccc1. The third-order valence-corrected chi connectivity index (χ3v) is 5.51. The topological polar surface area (TPSA) is 128 Å². The lowest BCUT2D eigenvalue weighted by atomic mass is 10.2. The van der Waals surface area contributed by atoms with Crippen molar-refractivity contribution in [3.8, 4) is 0 Å². The summed E-state index contributed by atoms with van der Waals surface area (Å²) in [6.07, 6.45) is 0.246. The number of carbonyl (C=O) groups excluding carboxylic acids is 1. The lowest BCUT2D eigenvalue weighted by Crippen LogP contribution is -2.15. The highest BCUT2D eigenvalue weighted by atomic mass is 16.6. The van der Waals surface area contributed by atoms with Crippen molar-refractivity contribution in [1.29, 1.82) is 0 Å². The molecule has 0 saturated heterocycles. The van der Waals surface area contributed by atoms with Gasteiger partial charge in [0.2, 0.25) is 0 Å². The van der Waals surface area contributed by atoms with Gasteiger partial charge in [0.05, 0.1) is 159 Å². The van der Waals surface area contributed by atoms with E-state index in [9.17, 15) is 4.79 Å². The quantitative estimate of drug-likeness (QED) is 0.0798. The molecule has 0 N–H and O–H groups in total. The van der Waals surface area contributed by atoms with Crippen molar-refractivity contribution in [3.05, 3.63) is 35.9 Å². The van der Waals surface area contributed by atoms with Crippen molar-refractivity contribution < 1.29 is 61.6 Å². The summed E-state index contributed by atoms with van der Waals surface area (Å²) in [6.45, 7) is 11.0. The van der Waals surface area contributed by atoms with E-state index in [0.717, 1.165) is 5.56 Å². The van der Waals surface area contributed by atoms with Gasteiger partial charge in [-0.1, -0.05) is 30.3 Å². The van der Waals surface area contributed by atoms with Gasteiger partial charge in [0, 0.05) is 0 Å². The minimum atomic E-state index is -0.285. The summed E-state index contributed by atoms with van der Waals surface area (Å²) < 4.78 is 64.4. The van der Waals surface area contributed by atoms with E-state index >= 15 is 0 Å². The van der Waals surface area contributed by atoms with Crippen LogP contribution in [0.5, 0.6) is 0 Å². The van der Waals surface area contributed by atoms with Crippen LogP contribution in [0.25, 0.3) is 0 Å². The number of esters is 1. The molecule has 0 radical (unpaired) electrons. The molecule has 0 unspecified atom stereocenters. The average Bonchev–Trinajstić information content (AvgIpc) is 3.05. The third kappa shape index (κ3) is 30.3. The highest BCUT2D eigenvalue weighted by molar-refractivity contribution is 5.69. The minimum absolute atomic E-state index is 0.246. The molecular weight excluding hydrogens is 580 g/mol. The Morgan fingerprint density at radius 1 is 0.409 bits per heavy atom. The maximum atomic E-state index is 10.9. The lowest BCUT2D eigenvalue weighted by molar-refractivity contribution is -0.141. The third-order valence-electron chi connectivity index (χ3n) is 5.51. The predicted octanol–water partition coefficient (Wildman–Crippen LogP) is 1.93. The van der Waals surface area contributed by atoms with Crippen LogP contribution >= 0.6 is 0 Å². The van der Waals surface area contributed by atoms with Crippen LogP contribution in [-0.4, -0.2) is 152 Å². The Labute approximate surface area is 262 Å². The van der Waals surface area contributed by atoms with E-state index in [2.05, 4.69) is 4.74 Å². The predicted molar refractivity (Wildman–Crippen MR) is 161 cm³/mol. The van der Waals surface area contributed by atoms with E-state index in [4.69, 9.17) is 52.1 Å². The molecule has 0 spiro atoms. The molecular formula is C31H54O13. The zero-order chi connectivity index (χ0) is 31.4. The summed E-state index contributed by atoms with van der Waals surface area (Å²) >= 11 is 0. The largest absolute Gasteiger partial charge is 0.469 e. The summed E-state index contributed by atoms with van der Waals surface area (Å²) in [5.74, 6) is -0.285. The smallest absolute Gasteiger partial charge is 0.307 e. The highest BCUT2D eigenvalue weighted by Crippen LogP contribution is 2.00. The molecule has 0 atom stereocenters. The van der Waals surface area contributed by atoms with Crippen LogP contribution in [0.2, 0.25) is 0 Å². The first-order chi connectivity index (χ1) is 21.8. The Kier molecular flexibility index (Phi) is 31.2. The van der Waals surface area contributed by atoms with Gasteiger partial charge in [-0.3, -0.25) is 4.79 Å². The van der Waals surface area contributed by atoms with Crippen LogP contribution in [0.4, 0.5) is 0 Å². The molecule has 13 nitrogen and oxygen atoms in total. The molecule has 44 heavy (non-hydrogen) atoms. The van der Waals surface area contributed by atoms with E-state index in [-0.39, 0.29) is 12.4 Å². The monoisotopic (exact) mass is 634 g/mol. The fourth-order valence-corrected chi connectivity index (χ4v) is 3.22. The second-order valence-corrected chi connectivity index (χ2v) is 8.99. The number of ether oxygens (including phenoxy) is 12. The number of benzene rings is 1. The molecule has 13 heteroatoms. The fourth-order valence-electron chi connectivity index (χ4n) is 3.22. The molecule has 0 aromatic heterocycles. The first-order valence-corrected chi connectivity index (χ1v) is 15.3. The first-order valence-electron chi connectivity index (χ1n) is 15.3. The molecule has 256 valence electrons. The molecule has 0 fully saturated rings. The van der Waals surface area contributed by atoms with Gasteiger partial charge in [0.25, 0.3) is 0 Å². The summed E-state index contributed by atoms with van der Waals surface area (Å²) in [6, 6.07) is 10.1. The standard InChI is InChI=1S/C31H54O13/c1-33-31(32)7-8-34-9-10-35-11-12-36-13-14-37-15-16-38-17-18-39-19-20-40-21-22-41-23-24-42-25-26-43-27-28-44-29-30-5-3-2-4-6-30/h2-6H,7-29H2,1H3. The van der Waals surface area contributed by atoms with Crippen molar-refractivity contribution in [2.45, 2.75) is 13.0 Å². The lowest BCUT2D eigenvalue weighted by Gasteiger charge is -2.09. The molecule has 1 aromatic rings. The Bertz CT molecular complexity index is 711. The summed E-state index contributed by atoms with van der Waals surface area (Å²) in [4.78, 5) is 10.9. The van der Waals surface area contributed by atoms with Crippen LogP contribution in [0.3, 0.4) is 0 Å². The maximum Gasteiger partial charge on any atom is 0.307 e. The number of carbonyl (C=O) groups is 1. The van der Waals surface area contributed by atoms with Crippen LogP contribution in [-0.2, 0) is 68.2 Å². The van der Waals surface area contributed by atoms with Gasteiger partial charge in [0.1, 0.15) is 0 Å². The zero-order valence-electron chi connectivity index (χ0n) is 26.5. The summed E-state index contributed by atoms with van der Waals surface area (Å²) in [7, 11) is 1.35. The van der Waals surface area contributed by atoms with Gasteiger partial charge in [-0.25, -0.2) is 0 Å². The van der Waals surface area contributed by atoms with E-state index in [0.29, 0.717) is 145 Å². The van der Waals surface area contributed by atoms with Crippen molar-refractivity contribution in [1.82, 2.24) is 0 Å².